The molecule has 0 fully saturated rings. The van der Waals surface area contributed by atoms with E-state index in [1.165, 1.54) is 30.3 Å². The third kappa shape index (κ3) is 5.89. The van der Waals surface area contributed by atoms with Crippen molar-refractivity contribution < 1.29 is 27.8 Å². The molecule has 0 aromatic heterocycles. The van der Waals surface area contributed by atoms with Crippen molar-refractivity contribution in [2.24, 2.45) is 0 Å². The Morgan fingerprint density at radius 3 is 2.48 bits per heavy atom. The number of unbranched alkanes of at least 4 members (excludes halogenated alkanes) is 2. The molecule has 116 valence electrons. The van der Waals surface area contributed by atoms with Crippen LogP contribution < -0.4 is 0 Å². The van der Waals surface area contributed by atoms with Gasteiger partial charge in [-0.2, -0.15) is 13.2 Å². The molecule has 0 bridgehead atoms. The summed E-state index contributed by atoms with van der Waals surface area (Å²) < 4.78 is 42.9. The highest BCUT2D eigenvalue weighted by atomic mass is 19.4. The second-order valence-electron chi connectivity index (χ2n) is 4.48. The molecule has 0 heterocycles. The summed E-state index contributed by atoms with van der Waals surface area (Å²) in [7, 11) is 0. The Kier molecular flexibility index (Phi) is 6.27. The van der Waals surface area contributed by atoms with Crippen LogP contribution in [-0.4, -0.2) is 23.4 Å². The minimum absolute atomic E-state index is 0.0518. The van der Waals surface area contributed by atoms with E-state index in [2.05, 4.69) is 4.74 Å². The third-order valence-electron chi connectivity index (χ3n) is 2.69. The fourth-order valence-electron chi connectivity index (χ4n) is 1.54. The van der Waals surface area contributed by atoms with Crippen molar-refractivity contribution in [2.75, 3.05) is 0 Å². The summed E-state index contributed by atoms with van der Waals surface area (Å²) in [6, 6.07) is 4.81. The van der Waals surface area contributed by atoms with E-state index in [0.717, 1.165) is 18.9 Å². The smallest absolute Gasteiger partial charge is 0.429 e. The van der Waals surface area contributed by atoms with Crippen LogP contribution in [0.3, 0.4) is 0 Å². The maximum Gasteiger partial charge on any atom is 0.429 e. The zero-order valence-electron chi connectivity index (χ0n) is 11.6. The molecule has 6 heteroatoms. The normalized spacial score (nSPS) is 13.3. The fourth-order valence-corrected chi connectivity index (χ4v) is 1.54. The minimum atomic E-state index is -4.66. The van der Waals surface area contributed by atoms with Crippen LogP contribution in [-0.2, 0) is 4.74 Å². The summed E-state index contributed by atoms with van der Waals surface area (Å²) in [5.41, 5.74) is -0.0518. The number of carbonyl (C=O) groups is 1. The van der Waals surface area contributed by atoms with Crippen LogP contribution >= 0.6 is 0 Å². The van der Waals surface area contributed by atoms with E-state index in [1.807, 2.05) is 6.92 Å². The Bertz CT molecular complexity index is 478. The summed E-state index contributed by atoms with van der Waals surface area (Å²) >= 11 is 0. The van der Waals surface area contributed by atoms with E-state index in [4.69, 9.17) is 5.11 Å². The lowest BCUT2D eigenvalue weighted by Crippen LogP contribution is -2.32. The summed E-state index contributed by atoms with van der Waals surface area (Å²) in [5.74, 6) is -1.17. The Balaban J connectivity index is 2.74. The minimum Gasteiger partial charge on any atom is -0.508 e. The number of halogens is 3. The van der Waals surface area contributed by atoms with Crippen molar-refractivity contribution in [3.05, 3.63) is 42.0 Å². The van der Waals surface area contributed by atoms with Gasteiger partial charge in [-0.25, -0.2) is 4.79 Å². The lowest BCUT2D eigenvalue weighted by Gasteiger charge is -2.17. The number of esters is 1. The molecule has 1 atom stereocenters. The van der Waals surface area contributed by atoms with Gasteiger partial charge in [-0.3, -0.25) is 0 Å². The van der Waals surface area contributed by atoms with Gasteiger partial charge in [-0.15, -0.1) is 0 Å². The molecule has 0 saturated carbocycles. The Morgan fingerprint density at radius 1 is 1.33 bits per heavy atom. The maximum absolute atomic E-state index is 12.8. The van der Waals surface area contributed by atoms with Gasteiger partial charge >= 0.3 is 12.1 Å². The lowest BCUT2D eigenvalue weighted by molar-refractivity contribution is -0.189. The Hall–Kier alpha value is -1.98. The Labute approximate surface area is 121 Å². The number of phenols is 1. The molecule has 0 aliphatic carbocycles. The molecule has 3 nitrogen and oxygen atoms in total. The number of phenolic OH excluding ortho intramolecular Hbond substituents is 1. The molecule has 1 aromatic rings. The van der Waals surface area contributed by atoms with Crippen LogP contribution in [0, 0.1) is 0 Å². The van der Waals surface area contributed by atoms with Gasteiger partial charge in [0.15, 0.2) is 0 Å². The third-order valence-corrected chi connectivity index (χ3v) is 2.69. The number of benzene rings is 1. The van der Waals surface area contributed by atoms with Crippen LogP contribution in [0.25, 0.3) is 0 Å². The first-order chi connectivity index (χ1) is 9.84. The van der Waals surface area contributed by atoms with E-state index in [1.54, 1.807) is 0 Å². The average Bonchev–Trinajstić information content (AvgIpc) is 2.41. The van der Waals surface area contributed by atoms with Crippen molar-refractivity contribution in [3.63, 3.8) is 0 Å². The molecule has 21 heavy (non-hydrogen) atoms. The predicted octanol–water partition coefficient (Wildman–Crippen LogP) is 4.23. The number of rotatable bonds is 6. The Morgan fingerprint density at radius 2 is 1.95 bits per heavy atom. The van der Waals surface area contributed by atoms with Crippen molar-refractivity contribution in [1.29, 1.82) is 0 Å². The molecule has 0 amide bonds. The molecule has 1 rings (SSSR count). The molecule has 0 aliphatic rings. The highest BCUT2D eigenvalue weighted by Gasteiger charge is 2.41. The second-order valence-corrected chi connectivity index (χ2v) is 4.48. The molecule has 1 aromatic carbocycles. The largest absolute Gasteiger partial charge is 0.508 e. The number of allylic oxidation sites excluding steroid dienone is 1. The number of aromatic hydroxyl groups is 1. The molecule has 0 spiro atoms. The van der Waals surface area contributed by atoms with Crippen molar-refractivity contribution >= 4 is 5.97 Å². The van der Waals surface area contributed by atoms with Gasteiger partial charge in [-0.05, 0) is 36.8 Å². The summed E-state index contributed by atoms with van der Waals surface area (Å²) in [4.78, 5) is 11.7. The maximum atomic E-state index is 12.8. The first-order valence-electron chi connectivity index (χ1n) is 6.58. The monoisotopic (exact) mass is 302 g/mol. The number of hydrogen-bond donors (Lipinski definition) is 1. The molecule has 0 radical (unpaired) electrons. The van der Waals surface area contributed by atoms with Crippen LogP contribution in [0.15, 0.2) is 36.4 Å². The number of alkyl halides is 3. The number of ether oxygens (including phenoxy) is 1. The number of carbonyl (C=O) groups excluding carboxylic acids is 1. The average molecular weight is 302 g/mol. The predicted molar refractivity (Wildman–Crippen MR) is 72.0 cm³/mol. The molecule has 0 saturated heterocycles. The van der Waals surface area contributed by atoms with Gasteiger partial charge in [0.1, 0.15) is 5.75 Å². The van der Waals surface area contributed by atoms with Crippen LogP contribution in [0.2, 0.25) is 0 Å². The van der Waals surface area contributed by atoms with Crippen molar-refractivity contribution in [3.8, 4) is 5.75 Å². The highest BCUT2D eigenvalue weighted by Crippen LogP contribution is 2.25. The summed E-state index contributed by atoms with van der Waals surface area (Å²) in [6.07, 6.45) is -2.56. The van der Waals surface area contributed by atoms with Gasteiger partial charge in [0.25, 0.3) is 0 Å². The zero-order valence-corrected chi connectivity index (χ0v) is 11.6. The standard InChI is InChI=1S/C15H17F3O3/c1-2-3-4-5-6-13(15(16,17)18)21-14(20)11-7-9-12(19)10-8-11/h5-10,13,19H,2-4H2,1H3/b6-5-. The van der Waals surface area contributed by atoms with E-state index in [-0.39, 0.29) is 11.3 Å². The summed E-state index contributed by atoms with van der Waals surface area (Å²) in [6.45, 7) is 1.93. The van der Waals surface area contributed by atoms with Crippen LogP contribution in [0.5, 0.6) is 5.75 Å². The first-order valence-corrected chi connectivity index (χ1v) is 6.58. The van der Waals surface area contributed by atoms with E-state index in [9.17, 15) is 18.0 Å². The van der Waals surface area contributed by atoms with Gasteiger partial charge in [0.05, 0.1) is 5.56 Å². The van der Waals surface area contributed by atoms with Crippen molar-refractivity contribution in [1.82, 2.24) is 0 Å². The SMILES string of the molecule is CCCC/C=C\C(OC(=O)c1ccc(O)cc1)C(F)(F)F. The highest BCUT2D eigenvalue weighted by molar-refractivity contribution is 5.89. The van der Waals surface area contributed by atoms with Gasteiger partial charge in [0, 0.05) is 0 Å². The summed E-state index contributed by atoms with van der Waals surface area (Å²) in [5, 5.41) is 9.07. The van der Waals surface area contributed by atoms with Gasteiger partial charge in [0.2, 0.25) is 6.10 Å². The van der Waals surface area contributed by atoms with Crippen molar-refractivity contribution in [2.45, 2.75) is 38.5 Å². The van der Waals surface area contributed by atoms with Crippen LogP contribution in [0.4, 0.5) is 13.2 Å². The van der Waals surface area contributed by atoms with E-state index in [0.29, 0.717) is 6.42 Å². The first kappa shape index (κ1) is 17.1. The molecular formula is C15H17F3O3. The van der Waals surface area contributed by atoms with E-state index >= 15 is 0 Å². The molecule has 0 aliphatic heterocycles. The second kappa shape index (κ2) is 7.71. The van der Waals surface area contributed by atoms with Gasteiger partial charge < -0.3 is 9.84 Å². The van der Waals surface area contributed by atoms with E-state index < -0.39 is 18.2 Å². The molecular weight excluding hydrogens is 285 g/mol. The quantitative estimate of drug-likeness (QED) is 0.486. The lowest BCUT2D eigenvalue weighted by atomic mass is 10.2. The zero-order chi connectivity index (χ0) is 15.9. The van der Waals surface area contributed by atoms with Crippen LogP contribution in [0.1, 0.15) is 36.5 Å². The fraction of sp³-hybridized carbons (Fsp3) is 0.400. The number of hydrogen-bond acceptors (Lipinski definition) is 3. The topological polar surface area (TPSA) is 46.5 Å². The molecule has 1 N–H and O–H groups in total. The molecule has 1 unspecified atom stereocenters. The van der Waals surface area contributed by atoms with Gasteiger partial charge in [-0.1, -0.05) is 25.8 Å².